The second-order valence-electron chi connectivity index (χ2n) is 7.22. The summed E-state index contributed by atoms with van der Waals surface area (Å²) in [6, 6.07) is 14.6. The predicted molar refractivity (Wildman–Crippen MR) is 125 cm³/mol. The van der Waals surface area contributed by atoms with Gasteiger partial charge in [0, 0.05) is 18.2 Å². The van der Waals surface area contributed by atoms with E-state index in [9.17, 15) is 25.2 Å². The van der Waals surface area contributed by atoms with Crippen LogP contribution in [-0.4, -0.2) is 29.2 Å². The van der Waals surface area contributed by atoms with Crippen molar-refractivity contribution in [2.75, 3.05) is 11.9 Å². The van der Waals surface area contributed by atoms with E-state index in [1.807, 2.05) is 6.07 Å². The lowest BCUT2D eigenvalue weighted by atomic mass is 9.93. The van der Waals surface area contributed by atoms with E-state index in [-0.39, 0.29) is 16.7 Å². The quantitative estimate of drug-likeness (QED) is 0.472. The van der Waals surface area contributed by atoms with Crippen LogP contribution >= 0.6 is 0 Å². The summed E-state index contributed by atoms with van der Waals surface area (Å²) in [5.74, 6) is -1.10. The van der Waals surface area contributed by atoms with Crippen molar-refractivity contribution >= 4 is 23.2 Å². The summed E-state index contributed by atoms with van der Waals surface area (Å²) in [6.45, 7) is 1.58. The fraction of sp³-hybridized carbons (Fsp3) is 0.0769. The van der Waals surface area contributed by atoms with Gasteiger partial charge in [-0.05, 0) is 55.0 Å². The number of carbonyl (C=O) groups is 2. The number of anilines is 1. The minimum absolute atomic E-state index is 0.101. The van der Waals surface area contributed by atoms with Crippen molar-refractivity contribution < 1.29 is 24.5 Å². The molecule has 1 aliphatic rings. The molecule has 0 atom stereocenters. The van der Waals surface area contributed by atoms with E-state index in [4.69, 9.17) is 9.84 Å². The third kappa shape index (κ3) is 4.87. The van der Waals surface area contributed by atoms with Crippen LogP contribution < -0.4 is 9.64 Å². The van der Waals surface area contributed by atoms with Crippen LogP contribution in [-0.2, 0) is 0 Å². The van der Waals surface area contributed by atoms with E-state index in [0.29, 0.717) is 34.0 Å². The largest absolute Gasteiger partial charge is 0.478 e. The zero-order valence-corrected chi connectivity index (χ0v) is 18.3. The van der Waals surface area contributed by atoms with E-state index in [2.05, 4.69) is 6.07 Å². The Bertz CT molecular complexity index is 1370. The van der Waals surface area contributed by atoms with Gasteiger partial charge in [0.15, 0.2) is 11.6 Å². The molecule has 0 spiro atoms. The maximum atomic E-state index is 11.2. The number of allylic oxidation sites excluding steroid dienone is 7. The molecule has 0 aliphatic carbocycles. The molecular weight excluding hydrogens is 434 g/mol. The maximum absolute atomic E-state index is 11.2. The second kappa shape index (κ2) is 10.0. The van der Waals surface area contributed by atoms with Crippen LogP contribution in [0.4, 0.5) is 5.69 Å². The van der Waals surface area contributed by atoms with E-state index in [0.717, 1.165) is 0 Å². The maximum Gasteiger partial charge on any atom is 0.335 e. The first-order valence-corrected chi connectivity index (χ1v) is 9.99. The van der Waals surface area contributed by atoms with Crippen LogP contribution in [0.3, 0.4) is 0 Å². The molecule has 0 unspecified atom stereocenters. The molecule has 0 aromatic heterocycles. The molecule has 2 aromatic carbocycles. The third-order valence-electron chi connectivity index (χ3n) is 5.08. The Labute approximate surface area is 195 Å². The number of ether oxygens (including phenoxy) is 1. The Morgan fingerprint density at radius 1 is 0.941 bits per heavy atom. The van der Waals surface area contributed by atoms with Crippen LogP contribution in [0.25, 0.3) is 5.57 Å². The number of benzene rings is 2. The highest BCUT2D eigenvalue weighted by atomic mass is 16.5. The number of fused-ring (bicyclic) bond motifs is 1. The van der Waals surface area contributed by atoms with Gasteiger partial charge in [0.25, 0.3) is 0 Å². The summed E-state index contributed by atoms with van der Waals surface area (Å²) in [5, 5.41) is 37.4. The Morgan fingerprint density at radius 2 is 1.56 bits per heavy atom. The van der Waals surface area contributed by atoms with Crippen LogP contribution in [0, 0.1) is 22.7 Å². The number of carboxylic acid groups (broad SMARTS) is 2. The number of hydrogen-bond acceptors (Lipinski definition) is 6. The molecule has 1 aliphatic heterocycles. The van der Waals surface area contributed by atoms with Crippen molar-refractivity contribution in [3.63, 3.8) is 0 Å². The van der Waals surface area contributed by atoms with Crippen molar-refractivity contribution in [2.45, 2.75) is 6.92 Å². The molecule has 1 heterocycles. The monoisotopic (exact) mass is 453 g/mol. The summed E-state index contributed by atoms with van der Waals surface area (Å²) in [7, 11) is 1.74. The lowest BCUT2D eigenvalue weighted by molar-refractivity contribution is 0.0686. The van der Waals surface area contributed by atoms with Crippen molar-refractivity contribution in [3.05, 3.63) is 100 Å². The normalized spacial score (nSPS) is 14.8. The molecule has 0 bridgehead atoms. The van der Waals surface area contributed by atoms with Gasteiger partial charge in [0.05, 0.1) is 34.5 Å². The second-order valence-corrected chi connectivity index (χ2v) is 7.22. The molecular formula is C26H19N3O5. The summed E-state index contributed by atoms with van der Waals surface area (Å²) in [5.41, 5.74) is 2.36. The Hall–Kier alpha value is -5.08. The minimum atomic E-state index is -1.07. The van der Waals surface area contributed by atoms with Crippen LogP contribution in [0.15, 0.2) is 83.8 Å². The van der Waals surface area contributed by atoms with Crippen molar-refractivity contribution in [1.82, 2.24) is 0 Å². The number of nitrogens with zero attached hydrogens (tertiary/aromatic N) is 3. The van der Waals surface area contributed by atoms with Gasteiger partial charge in [-0.1, -0.05) is 24.3 Å². The first-order valence-electron chi connectivity index (χ1n) is 9.99. The standard InChI is InChI=1S/C26H19N3O5/c1-16(14-27)24(17-7-9-18(10-8-17)25(30)31)20(15-28)5-3-4-6-23-29(2)21-13-19(26(32)33)11-12-22(21)34-23/h3-13H,1-2H3,(H,30,31)(H,32,33)/b4-3+,20-5+,23-6-,24-16-. The molecule has 168 valence electrons. The zero-order valence-electron chi connectivity index (χ0n) is 18.3. The fourth-order valence-electron chi connectivity index (χ4n) is 3.32. The Kier molecular flexibility index (Phi) is 6.95. The Balaban J connectivity index is 1.87. The SMILES string of the molecule is C/C(C#N)=C(/C(C#N)=C/C=C/C=C1\Oc2ccc(C(=O)O)cc2N1C)c1ccc(C(=O)O)cc1. The summed E-state index contributed by atoms with van der Waals surface area (Å²) in [6.07, 6.45) is 6.47. The highest BCUT2D eigenvalue weighted by Gasteiger charge is 2.23. The van der Waals surface area contributed by atoms with Crippen molar-refractivity contribution in [1.29, 1.82) is 10.5 Å². The summed E-state index contributed by atoms with van der Waals surface area (Å²) in [4.78, 5) is 24.0. The molecule has 0 saturated carbocycles. The highest BCUT2D eigenvalue weighted by Crippen LogP contribution is 2.38. The highest BCUT2D eigenvalue weighted by molar-refractivity contribution is 5.91. The van der Waals surface area contributed by atoms with Gasteiger partial charge < -0.3 is 19.8 Å². The smallest absolute Gasteiger partial charge is 0.335 e. The lowest BCUT2D eigenvalue weighted by Gasteiger charge is -2.10. The number of nitriles is 2. The topological polar surface area (TPSA) is 135 Å². The van der Waals surface area contributed by atoms with E-state index in [1.165, 1.54) is 24.3 Å². The Morgan fingerprint density at radius 3 is 2.15 bits per heavy atom. The molecule has 0 amide bonds. The molecule has 2 aromatic rings. The number of rotatable bonds is 6. The first-order chi connectivity index (χ1) is 16.3. The van der Waals surface area contributed by atoms with Gasteiger partial charge in [0.2, 0.25) is 0 Å². The van der Waals surface area contributed by atoms with Crippen LogP contribution in [0.1, 0.15) is 33.2 Å². The summed E-state index contributed by atoms with van der Waals surface area (Å²) < 4.78 is 5.75. The summed E-state index contributed by atoms with van der Waals surface area (Å²) >= 11 is 0. The number of aromatic carboxylic acids is 2. The van der Waals surface area contributed by atoms with E-state index < -0.39 is 11.9 Å². The van der Waals surface area contributed by atoms with E-state index >= 15 is 0 Å². The number of hydrogen-bond donors (Lipinski definition) is 2. The average Bonchev–Trinajstić information content (AvgIpc) is 3.15. The van der Waals surface area contributed by atoms with Gasteiger partial charge in [-0.25, -0.2) is 9.59 Å². The average molecular weight is 453 g/mol. The lowest BCUT2D eigenvalue weighted by Crippen LogP contribution is -2.13. The zero-order chi connectivity index (χ0) is 24.8. The molecule has 8 heteroatoms. The molecule has 34 heavy (non-hydrogen) atoms. The fourth-order valence-corrected chi connectivity index (χ4v) is 3.32. The molecule has 0 fully saturated rings. The molecule has 2 N–H and O–H groups in total. The minimum Gasteiger partial charge on any atom is -0.478 e. The molecule has 0 saturated heterocycles. The van der Waals surface area contributed by atoms with Gasteiger partial charge in [-0.2, -0.15) is 10.5 Å². The molecule has 8 nitrogen and oxygen atoms in total. The van der Waals surface area contributed by atoms with Crippen molar-refractivity contribution in [2.24, 2.45) is 0 Å². The first kappa shape index (κ1) is 23.6. The van der Waals surface area contributed by atoms with E-state index in [1.54, 1.807) is 61.4 Å². The van der Waals surface area contributed by atoms with Gasteiger partial charge in [-0.3, -0.25) is 0 Å². The van der Waals surface area contributed by atoms with Crippen molar-refractivity contribution in [3.8, 4) is 17.9 Å². The predicted octanol–water partition coefficient (Wildman–Crippen LogP) is 4.76. The van der Waals surface area contributed by atoms with Crippen LogP contribution in [0.2, 0.25) is 0 Å². The molecule has 0 radical (unpaired) electrons. The number of carboxylic acids is 2. The third-order valence-corrected chi connectivity index (χ3v) is 5.08. The van der Waals surface area contributed by atoms with Gasteiger partial charge >= 0.3 is 11.9 Å². The molecule has 3 rings (SSSR count). The van der Waals surface area contributed by atoms with Gasteiger partial charge in [-0.15, -0.1) is 0 Å². The van der Waals surface area contributed by atoms with Crippen LogP contribution in [0.5, 0.6) is 5.75 Å². The van der Waals surface area contributed by atoms with Gasteiger partial charge in [0.1, 0.15) is 0 Å².